The van der Waals surface area contributed by atoms with Crippen LogP contribution in [0.25, 0.3) is 6.08 Å². The Morgan fingerprint density at radius 1 is 0.970 bits per heavy atom. The fourth-order valence-electron chi connectivity index (χ4n) is 3.79. The maximum atomic E-state index is 12.8. The van der Waals surface area contributed by atoms with Gasteiger partial charge in [0.25, 0.3) is 0 Å². The summed E-state index contributed by atoms with van der Waals surface area (Å²) >= 11 is 0. The van der Waals surface area contributed by atoms with Crippen molar-refractivity contribution in [2.24, 2.45) is 0 Å². The Bertz CT molecular complexity index is 1050. The van der Waals surface area contributed by atoms with Crippen LogP contribution in [-0.2, 0) is 11.4 Å². The van der Waals surface area contributed by atoms with Crippen molar-refractivity contribution in [3.8, 4) is 11.5 Å². The molecule has 3 aromatic rings. The second kappa shape index (κ2) is 11.2. The minimum Gasteiger partial charge on any atom is -0.497 e. The number of pyridine rings is 1. The molecule has 1 fully saturated rings. The van der Waals surface area contributed by atoms with Crippen LogP contribution >= 0.6 is 0 Å². The number of aromatic nitrogens is 1. The van der Waals surface area contributed by atoms with Crippen LogP contribution in [0.2, 0.25) is 0 Å². The molecule has 1 aliphatic heterocycles. The summed E-state index contributed by atoms with van der Waals surface area (Å²) < 4.78 is 11.0. The van der Waals surface area contributed by atoms with E-state index >= 15 is 0 Å². The van der Waals surface area contributed by atoms with E-state index in [0.717, 1.165) is 54.4 Å². The number of rotatable bonds is 7. The molecule has 33 heavy (non-hydrogen) atoms. The quantitative estimate of drug-likeness (QED) is 0.506. The topological polar surface area (TPSA) is 54.9 Å². The number of carbonyl (C=O) groups excluding carboxylic acids is 1. The van der Waals surface area contributed by atoms with E-state index in [1.54, 1.807) is 25.6 Å². The van der Waals surface area contributed by atoms with Crippen molar-refractivity contribution in [1.82, 2.24) is 9.88 Å². The number of ether oxygens (including phenoxy) is 2. The maximum absolute atomic E-state index is 12.8. The van der Waals surface area contributed by atoms with Gasteiger partial charge in [0.1, 0.15) is 18.1 Å². The third kappa shape index (κ3) is 6.35. The van der Waals surface area contributed by atoms with Crippen LogP contribution in [0.15, 0.2) is 79.1 Å². The van der Waals surface area contributed by atoms with Gasteiger partial charge in [-0.15, -0.1) is 0 Å². The van der Waals surface area contributed by atoms with Crippen LogP contribution in [0.3, 0.4) is 0 Å². The van der Waals surface area contributed by atoms with Crippen LogP contribution < -0.4 is 14.4 Å². The highest BCUT2D eigenvalue weighted by Crippen LogP contribution is 2.21. The zero-order valence-corrected chi connectivity index (χ0v) is 18.9. The smallest absolute Gasteiger partial charge is 0.246 e. The van der Waals surface area contributed by atoms with Gasteiger partial charge in [-0.2, -0.15) is 0 Å². The molecule has 2 aromatic carbocycles. The number of methoxy groups -OCH3 is 1. The summed E-state index contributed by atoms with van der Waals surface area (Å²) in [7, 11) is 1.67. The lowest BCUT2D eigenvalue weighted by atomic mass is 10.2. The number of hydrogen-bond acceptors (Lipinski definition) is 5. The highest BCUT2D eigenvalue weighted by Gasteiger charge is 2.17. The fraction of sp³-hybridized carbons (Fsp3) is 0.259. The number of carbonyl (C=O) groups is 1. The molecule has 0 radical (unpaired) electrons. The van der Waals surface area contributed by atoms with E-state index in [-0.39, 0.29) is 5.91 Å². The summed E-state index contributed by atoms with van der Waals surface area (Å²) in [6.07, 6.45) is 8.00. The first-order valence-electron chi connectivity index (χ1n) is 11.2. The molecule has 4 rings (SSSR count). The minimum absolute atomic E-state index is 0.0449. The molecular weight excluding hydrogens is 414 g/mol. The second-order valence-corrected chi connectivity index (χ2v) is 7.92. The molecule has 1 aliphatic rings. The molecular formula is C27H29N3O3. The molecule has 6 nitrogen and oxygen atoms in total. The summed E-state index contributed by atoms with van der Waals surface area (Å²) in [6.45, 7) is 3.69. The Hall–Kier alpha value is -3.80. The third-order valence-electron chi connectivity index (χ3n) is 5.67. The lowest BCUT2D eigenvalue weighted by molar-refractivity contribution is -0.125. The van der Waals surface area contributed by atoms with Gasteiger partial charge in [-0.05, 0) is 60.5 Å². The van der Waals surface area contributed by atoms with Gasteiger partial charge in [-0.3, -0.25) is 9.78 Å². The highest BCUT2D eigenvalue weighted by atomic mass is 16.5. The summed E-state index contributed by atoms with van der Waals surface area (Å²) in [6, 6.07) is 19.7. The first-order valence-corrected chi connectivity index (χ1v) is 11.2. The zero-order valence-electron chi connectivity index (χ0n) is 18.9. The molecule has 0 saturated carbocycles. The van der Waals surface area contributed by atoms with Crippen LogP contribution in [0, 0.1) is 0 Å². The third-order valence-corrected chi connectivity index (χ3v) is 5.67. The van der Waals surface area contributed by atoms with E-state index in [2.05, 4.69) is 22.0 Å². The molecule has 1 amide bonds. The first kappa shape index (κ1) is 22.4. The molecule has 0 bridgehead atoms. The molecule has 0 atom stereocenters. The Kier molecular flexibility index (Phi) is 7.59. The van der Waals surface area contributed by atoms with Crippen molar-refractivity contribution in [1.29, 1.82) is 0 Å². The summed E-state index contributed by atoms with van der Waals surface area (Å²) in [5.41, 5.74) is 3.15. The van der Waals surface area contributed by atoms with Crippen molar-refractivity contribution in [2.45, 2.75) is 13.0 Å². The van der Waals surface area contributed by atoms with Gasteiger partial charge in [0.15, 0.2) is 0 Å². The minimum atomic E-state index is 0.0449. The van der Waals surface area contributed by atoms with Crippen molar-refractivity contribution in [3.63, 3.8) is 0 Å². The van der Waals surface area contributed by atoms with Gasteiger partial charge in [0.2, 0.25) is 5.91 Å². The molecule has 170 valence electrons. The zero-order chi connectivity index (χ0) is 22.9. The predicted molar refractivity (Wildman–Crippen MR) is 130 cm³/mol. The van der Waals surface area contributed by atoms with Gasteiger partial charge in [0.05, 0.1) is 7.11 Å². The number of anilines is 1. The lowest BCUT2D eigenvalue weighted by Crippen LogP contribution is -2.34. The highest BCUT2D eigenvalue weighted by molar-refractivity contribution is 5.91. The summed E-state index contributed by atoms with van der Waals surface area (Å²) in [5, 5.41) is 0. The molecule has 6 heteroatoms. The number of hydrogen-bond donors (Lipinski definition) is 0. The summed E-state index contributed by atoms with van der Waals surface area (Å²) in [5.74, 6) is 1.68. The van der Waals surface area contributed by atoms with E-state index in [1.165, 1.54) is 0 Å². The van der Waals surface area contributed by atoms with E-state index in [1.807, 2.05) is 59.5 Å². The number of amides is 1. The van der Waals surface area contributed by atoms with Crippen molar-refractivity contribution in [3.05, 3.63) is 90.3 Å². The standard InChI is InChI=1S/C27H29N3O3/c1-32-25-12-8-24(9-13-25)29-16-3-17-30(19-18-29)27(31)14-7-22-5-10-26(11-6-22)33-21-23-4-2-15-28-20-23/h2,4-15,20H,3,16-19,21H2,1H3/b14-7+. The largest absolute Gasteiger partial charge is 0.497 e. The molecule has 0 unspecified atom stereocenters. The number of nitrogens with zero attached hydrogens (tertiary/aromatic N) is 3. The Balaban J connectivity index is 1.28. The van der Waals surface area contributed by atoms with Crippen molar-refractivity contribution < 1.29 is 14.3 Å². The van der Waals surface area contributed by atoms with Crippen LogP contribution in [0.5, 0.6) is 11.5 Å². The van der Waals surface area contributed by atoms with Crippen LogP contribution in [0.4, 0.5) is 5.69 Å². The van der Waals surface area contributed by atoms with Gasteiger partial charge in [-0.1, -0.05) is 18.2 Å². The predicted octanol–water partition coefficient (Wildman–Crippen LogP) is 4.42. The van der Waals surface area contributed by atoms with Gasteiger partial charge in [0, 0.05) is 55.9 Å². The molecule has 0 N–H and O–H groups in total. The van der Waals surface area contributed by atoms with Crippen molar-refractivity contribution in [2.75, 3.05) is 38.2 Å². The van der Waals surface area contributed by atoms with Crippen molar-refractivity contribution >= 4 is 17.7 Å². The average Bonchev–Trinajstić information content (AvgIpc) is 3.14. The van der Waals surface area contributed by atoms with Gasteiger partial charge in [-0.25, -0.2) is 0 Å². The lowest BCUT2D eigenvalue weighted by Gasteiger charge is -2.23. The van der Waals surface area contributed by atoms with E-state index in [4.69, 9.17) is 9.47 Å². The van der Waals surface area contributed by atoms with E-state index in [9.17, 15) is 4.79 Å². The fourth-order valence-corrected chi connectivity index (χ4v) is 3.79. The molecule has 0 aliphatic carbocycles. The van der Waals surface area contributed by atoms with E-state index in [0.29, 0.717) is 13.2 Å². The second-order valence-electron chi connectivity index (χ2n) is 7.92. The number of benzene rings is 2. The monoisotopic (exact) mass is 443 g/mol. The molecule has 0 spiro atoms. The van der Waals surface area contributed by atoms with Gasteiger partial charge < -0.3 is 19.3 Å². The average molecular weight is 444 g/mol. The Labute approximate surface area is 195 Å². The van der Waals surface area contributed by atoms with Gasteiger partial charge >= 0.3 is 0 Å². The van der Waals surface area contributed by atoms with E-state index < -0.39 is 0 Å². The Morgan fingerprint density at radius 2 is 1.76 bits per heavy atom. The Morgan fingerprint density at radius 3 is 2.48 bits per heavy atom. The SMILES string of the molecule is COc1ccc(N2CCCN(C(=O)/C=C/c3ccc(OCc4cccnc4)cc3)CC2)cc1. The summed E-state index contributed by atoms with van der Waals surface area (Å²) in [4.78, 5) is 21.1. The van der Waals surface area contributed by atoms with Crippen LogP contribution in [0.1, 0.15) is 17.5 Å². The molecule has 1 saturated heterocycles. The van der Waals surface area contributed by atoms with Crippen LogP contribution in [-0.4, -0.2) is 49.1 Å². The normalized spacial score (nSPS) is 14.2. The first-order chi connectivity index (χ1) is 16.2. The molecule has 1 aromatic heterocycles. The maximum Gasteiger partial charge on any atom is 0.246 e. The molecule has 2 heterocycles.